The number of benzene rings is 11. The van der Waals surface area contributed by atoms with Gasteiger partial charge >= 0.3 is 0 Å². The Morgan fingerprint density at radius 1 is 0.217 bits per heavy atom. The van der Waals surface area contributed by atoms with Crippen LogP contribution in [0.4, 0.5) is 34.1 Å². The van der Waals surface area contributed by atoms with Crippen LogP contribution in [0.3, 0.4) is 0 Å². The van der Waals surface area contributed by atoms with Gasteiger partial charge in [-0.1, -0.05) is 224 Å². The zero-order valence-corrected chi connectivity index (χ0v) is 38.1. The summed E-state index contributed by atoms with van der Waals surface area (Å²) in [4.78, 5) is 4.79. The lowest BCUT2D eigenvalue weighted by Crippen LogP contribution is -2.28. The number of para-hydroxylation sites is 2. The van der Waals surface area contributed by atoms with Crippen molar-refractivity contribution in [1.29, 1.82) is 0 Å². The van der Waals surface area contributed by atoms with E-state index < -0.39 is 5.41 Å². The second-order valence-electron chi connectivity index (χ2n) is 17.7. The molecule has 0 aliphatic heterocycles. The Bertz CT molecular complexity index is 3490. The smallest absolute Gasteiger partial charge is 0.0714 e. The highest BCUT2D eigenvalue weighted by molar-refractivity contribution is 5.91. The van der Waals surface area contributed by atoms with Gasteiger partial charge in [-0.25, -0.2) is 0 Å². The fourth-order valence-corrected chi connectivity index (χ4v) is 10.6. The van der Waals surface area contributed by atoms with Crippen molar-refractivity contribution in [1.82, 2.24) is 0 Å². The van der Waals surface area contributed by atoms with Crippen LogP contribution in [0, 0.1) is 0 Å². The van der Waals surface area contributed by atoms with E-state index in [1.54, 1.807) is 0 Å². The third-order valence-electron chi connectivity index (χ3n) is 13.7. The Labute approximate surface area is 405 Å². The molecule has 326 valence electrons. The van der Waals surface area contributed by atoms with Crippen LogP contribution in [0.5, 0.6) is 0 Å². The molecule has 0 bridgehead atoms. The summed E-state index contributed by atoms with van der Waals surface area (Å²) in [5, 5.41) is 0. The first-order chi connectivity index (χ1) is 34.2. The molecule has 0 saturated carbocycles. The molecule has 0 saturated heterocycles. The maximum Gasteiger partial charge on any atom is 0.0714 e. The van der Waals surface area contributed by atoms with Crippen molar-refractivity contribution in [3.8, 4) is 44.5 Å². The van der Waals surface area contributed by atoms with E-state index in [2.05, 4.69) is 301 Å². The molecule has 0 heterocycles. The van der Waals surface area contributed by atoms with E-state index in [0.717, 1.165) is 50.8 Å². The van der Waals surface area contributed by atoms with Gasteiger partial charge in [-0.3, -0.25) is 0 Å². The quantitative estimate of drug-likeness (QED) is 0.128. The highest BCUT2D eigenvalue weighted by atomic mass is 15.1. The molecule has 0 unspecified atom stereocenters. The van der Waals surface area contributed by atoms with Gasteiger partial charge in [0.15, 0.2) is 0 Å². The molecule has 2 heteroatoms. The van der Waals surface area contributed by atoms with Crippen LogP contribution in [-0.4, -0.2) is 0 Å². The molecule has 0 fully saturated rings. The predicted molar refractivity (Wildman–Crippen MR) is 289 cm³/mol. The monoisotopic (exact) mass is 880 g/mol. The first kappa shape index (κ1) is 41.5. The summed E-state index contributed by atoms with van der Waals surface area (Å²) in [7, 11) is 0. The molecule has 0 spiro atoms. The van der Waals surface area contributed by atoms with Gasteiger partial charge < -0.3 is 9.80 Å². The maximum atomic E-state index is 2.42. The Morgan fingerprint density at radius 3 is 1.23 bits per heavy atom. The Hall–Kier alpha value is -8.98. The molecule has 0 atom stereocenters. The second kappa shape index (κ2) is 18.0. The van der Waals surface area contributed by atoms with Gasteiger partial charge in [0.25, 0.3) is 0 Å². The largest absolute Gasteiger partial charge is 0.310 e. The maximum absolute atomic E-state index is 2.42. The molecule has 0 aromatic heterocycles. The molecule has 0 amide bonds. The van der Waals surface area contributed by atoms with Gasteiger partial charge in [-0.05, 0) is 128 Å². The molecule has 11 aromatic rings. The summed E-state index contributed by atoms with van der Waals surface area (Å²) in [6.45, 7) is 0. The highest BCUT2D eigenvalue weighted by Gasteiger charge is 2.46. The summed E-state index contributed by atoms with van der Waals surface area (Å²) in [5.41, 5.74) is 20.6. The average Bonchev–Trinajstić information content (AvgIpc) is 3.74. The molecule has 1 aliphatic carbocycles. The van der Waals surface area contributed by atoms with Crippen molar-refractivity contribution < 1.29 is 0 Å². The molecule has 69 heavy (non-hydrogen) atoms. The predicted octanol–water partition coefficient (Wildman–Crippen LogP) is 18.0. The first-order valence-corrected chi connectivity index (χ1v) is 23.8. The number of fused-ring (bicyclic) bond motifs is 3. The van der Waals surface area contributed by atoms with Crippen molar-refractivity contribution in [2.45, 2.75) is 5.41 Å². The third kappa shape index (κ3) is 7.49. The van der Waals surface area contributed by atoms with Crippen LogP contribution >= 0.6 is 0 Å². The summed E-state index contributed by atoms with van der Waals surface area (Å²) in [6, 6.07) is 106. The van der Waals surface area contributed by atoms with Crippen molar-refractivity contribution >= 4 is 34.1 Å². The SMILES string of the molecule is c1ccc(-c2ccc(N(c3ccccc3)c3ccccc3-c3ccc(N(c4cccc(-c5ccccc5)c4)c4cccc(C5(c6ccccc6)c6ccccc6-c6ccccc65)c4)cc3)cc2)cc1. The van der Waals surface area contributed by atoms with E-state index in [-0.39, 0.29) is 0 Å². The van der Waals surface area contributed by atoms with Crippen molar-refractivity contribution in [3.63, 3.8) is 0 Å². The number of hydrogen-bond acceptors (Lipinski definition) is 2. The van der Waals surface area contributed by atoms with Crippen LogP contribution in [0.25, 0.3) is 44.5 Å². The van der Waals surface area contributed by atoms with E-state index in [1.807, 2.05) is 0 Å². The molecular formula is C67H48N2. The van der Waals surface area contributed by atoms with Crippen molar-refractivity contribution in [2.75, 3.05) is 9.80 Å². The lowest BCUT2D eigenvalue weighted by molar-refractivity contribution is 0.768. The summed E-state index contributed by atoms with van der Waals surface area (Å²) >= 11 is 0. The zero-order valence-electron chi connectivity index (χ0n) is 38.1. The minimum atomic E-state index is -0.526. The topological polar surface area (TPSA) is 6.48 Å². The first-order valence-electron chi connectivity index (χ1n) is 23.8. The minimum Gasteiger partial charge on any atom is -0.310 e. The van der Waals surface area contributed by atoms with E-state index >= 15 is 0 Å². The van der Waals surface area contributed by atoms with Gasteiger partial charge in [0, 0.05) is 34.0 Å². The Kier molecular flexibility index (Phi) is 10.8. The molecule has 0 N–H and O–H groups in total. The molecule has 2 nitrogen and oxygen atoms in total. The van der Waals surface area contributed by atoms with Gasteiger partial charge in [0.2, 0.25) is 0 Å². The number of rotatable bonds is 11. The van der Waals surface area contributed by atoms with Gasteiger partial charge in [0.1, 0.15) is 0 Å². The van der Waals surface area contributed by atoms with Crippen molar-refractivity contribution in [2.24, 2.45) is 0 Å². The lowest BCUT2D eigenvalue weighted by Gasteiger charge is -2.35. The van der Waals surface area contributed by atoms with Crippen LogP contribution in [0.1, 0.15) is 22.3 Å². The summed E-state index contributed by atoms with van der Waals surface area (Å²) < 4.78 is 0. The highest BCUT2D eigenvalue weighted by Crippen LogP contribution is 2.56. The van der Waals surface area contributed by atoms with Crippen molar-refractivity contribution in [3.05, 3.63) is 313 Å². The van der Waals surface area contributed by atoms with E-state index in [9.17, 15) is 0 Å². The molecule has 11 aromatic carbocycles. The van der Waals surface area contributed by atoms with Crippen LogP contribution in [-0.2, 0) is 5.41 Å². The zero-order chi connectivity index (χ0) is 46.0. The normalized spacial score (nSPS) is 12.2. The standard InChI is InChI=1S/C67H48N2/c1-5-21-49(22-6-1)51-39-43-58(44-40-51)69(56-29-11-4-12-30-56)66-38-18-15-33-61(66)52-41-45-57(46-42-52)68(59-31-19-25-53(47-59)50-23-7-2-8-24-50)60-32-20-28-55(48-60)67(54-26-9-3-10-27-54)64-36-16-13-34-62(64)63-35-14-17-37-65(63)67/h1-48H. The molecular weight excluding hydrogens is 833 g/mol. The van der Waals surface area contributed by atoms with Crippen LogP contribution in [0.2, 0.25) is 0 Å². The van der Waals surface area contributed by atoms with Gasteiger partial charge in [-0.2, -0.15) is 0 Å². The number of anilines is 6. The Morgan fingerprint density at radius 2 is 0.609 bits per heavy atom. The summed E-state index contributed by atoms with van der Waals surface area (Å²) in [5.74, 6) is 0. The summed E-state index contributed by atoms with van der Waals surface area (Å²) in [6.07, 6.45) is 0. The average molecular weight is 881 g/mol. The van der Waals surface area contributed by atoms with Crippen LogP contribution in [0.15, 0.2) is 291 Å². The van der Waals surface area contributed by atoms with E-state index in [0.29, 0.717) is 0 Å². The number of nitrogens with zero attached hydrogens (tertiary/aromatic N) is 2. The molecule has 0 radical (unpaired) electrons. The van der Waals surface area contributed by atoms with E-state index in [1.165, 1.54) is 50.1 Å². The van der Waals surface area contributed by atoms with E-state index in [4.69, 9.17) is 0 Å². The fourth-order valence-electron chi connectivity index (χ4n) is 10.6. The minimum absolute atomic E-state index is 0.526. The third-order valence-corrected chi connectivity index (χ3v) is 13.7. The lowest BCUT2D eigenvalue weighted by atomic mass is 9.67. The molecule has 1 aliphatic rings. The fraction of sp³-hybridized carbons (Fsp3) is 0.0149. The van der Waals surface area contributed by atoms with Gasteiger partial charge in [0.05, 0.1) is 11.1 Å². The Balaban J connectivity index is 0.996. The second-order valence-corrected chi connectivity index (χ2v) is 17.7. The van der Waals surface area contributed by atoms with Gasteiger partial charge in [-0.15, -0.1) is 0 Å². The molecule has 12 rings (SSSR count). The number of hydrogen-bond donors (Lipinski definition) is 0. The van der Waals surface area contributed by atoms with Crippen LogP contribution < -0.4 is 9.80 Å².